The van der Waals surface area contributed by atoms with E-state index in [2.05, 4.69) is 27.4 Å². The minimum Gasteiger partial charge on any atom is -0.438 e. The van der Waals surface area contributed by atoms with E-state index in [4.69, 9.17) is 14.9 Å². The highest BCUT2D eigenvalue weighted by Gasteiger charge is 2.21. The molecular formula is C10H19NO7S. The SMILES string of the molecule is COC(=O)OCC(COCCS)C(=O)NCC(O)O. The number of aliphatic hydroxyl groups is 2. The maximum Gasteiger partial charge on any atom is 0.508 e. The summed E-state index contributed by atoms with van der Waals surface area (Å²) in [5.41, 5.74) is 0. The minimum atomic E-state index is -1.65. The average Bonchev–Trinajstić information content (AvgIpc) is 2.39. The Hall–Kier alpha value is -1.03. The number of carbonyl (C=O) groups is 2. The van der Waals surface area contributed by atoms with Crippen molar-refractivity contribution in [1.29, 1.82) is 0 Å². The summed E-state index contributed by atoms with van der Waals surface area (Å²) in [6.07, 6.45) is -2.56. The first-order valence-corrected chi connectivity index (χ1v) is 6.17. The van der Waals surface area contributed by atoms with E-state index in [-0.39, 0.29) is 19.8 Å². The van der Waals surface area contributed by atoms with E-state index in [1.54, 1.807) is 0 Å². The molecular weight excluding hydrogens is 278 g/mol. The molecule has 0 aliphatic heterocycles. The minimum absolute atomic E-state index is 0.0188. The molecule has 19 heavy (non-hydrogen) atoms. The van der Waals surface area contributed by atoms with Crippen LogP contribution in [0.15, 0.2) is 0 Å². The van der Waals surface area contributed by atoms with E-state index in [9.17, 15) is 9.59 Å². The number of nitrogens with one attached hydrogen (secondary N) is 1. The van der Waals surface area contributed by atoms with E-state index < -0.39 is 24.3 Å². The van der Waals surface area contributed by atoms with Gasteiger partial charge in [-0.05, 0) is 0 Å². The molecule has 0 aromatic rings. The molecule has 0 heterocycles. The molecule has 0 aromatic heterocycles. The fraction of sp³-hybridized carbons (Fsp3) is 0.800. The van der Waals surface area contributed by atoms with Crippen molar-refractivity contribution in [2.75, 3.05) is 39.2 Å². The van der Waals surface area contributed by atoms with Crippen LogP contribution in [0.25, 0.3) is 0 Å². The number of carbonyl (C=O) groups excluding carboxylic acids is 2. The maximum absolute atomic E-state index is 11.7. The van der Waals surface area contributed by atoms with E-state index in [0.29, 0.717) is 12.4 Å². The lowest BCUT2D eigenvalue weighted by Crippen LogP contribution is -2.40. The standard InChI is InChI=1S/C10H19NO7S/c1-16-10(15)18-6-7(5-17-2-3-19)9(14)11-4-8(12)13/h7-8,12-13,19H,2-6H2,1H3,(H,11,14). The molecule has 3 N–H and O–H groups in total. The van der Waals surface area contributed by atoms with Gasteiger partial charge < -0.3 is 29.7 Å². The van der Waals surface area contributed by atoms with Gasteiger partial charge in [0, 0.05) is 5.75 Å². The summed E-state index contributed by atoms with van der Waals surface area (Å²) in [5.74, 6) is -0.796. The Morgan fingerprint density at radius 2 is 2.00 bits per heavy atom. The Balaban J connectivity index is 4.21. The molecule has 0 saturated carbocycles. The van der Waals surface area contributed by atoms with Crippen LogP contribution in [0, 0.1) is 5.92 Å². The van der Waals surface area contributed by atoms with Crippen molar-refractivity contribution < 1.29 is 34.0 Å². The topological polar surface area (TPSA) is 114 Å². The Kier molecular flexibility index (Phi) is 10.3. The Morgan fingerprint density at radius 1 is 1.32 bits per heavy atom. The number of ether oxygens (including phenoxy) is 3. The first-order chi connectivity index (χ1) is 9.01. The molecule has 0 fully saturated rings. The van der Waals surface area contributed by atoms with Gasteiger partial charge in [0.2, 0.25) is 5.91 Å². The maximum atomic E-state index is 11.7. The largest absolute Gasteiger partial charge is 0.508 e. The quantitative estimate of drug-likeness (QED) is 0.182. The van der Waals surface area contributed by atoms with Crippen LogP contribution in [0.4, 0.5) is 4.79 Å². The highest BCUT2D eigenvalue weighted by Crippen LogP contribution is 2.01. The summed E-state index contributed by atoms with van der Waals surface area (Å²) >= 11 is 3.95. The number of hydrogen-bond acceptors (Lipinski definition) is 8. The van der Waals surface area contributed by atoms with Gasteiger partial charge in [0.15, 0.2) is 6.29 Å². The molecule has 0 aliphatic rings. The number of thiol groups is 1. The smallest absolute Gasteiger partial charge is 0.438 e. The summed E-state index contributed by atoms with van der Waals surface area (Å²) in [4.78, 5) is 22.5. The fourth-order valence-electron chi connectivity index (χ4n) is 1.05. The van der Waals surface area contributed by atoms with E-state index in [1.165, 1.54) is 0 Å². The molecule has 8 nitrogen and oxygen atoms in total. The lowest BCUT2D eigenvalue weighted by Gasteiger charge is -2.17. The first-order valence-electron chi connectivity index (χ1n) is 5.54. The number of rotatable bonds is 9. The third-order valence-corrected chi connectivity index (χ3v) is 2.14. The van der Waals surface area contributed by atoms with Gasteiger partial charge in [-0.15, -0.1) is 0 Å². The van der Waals surface area contributed by atoms with Crippen LogP contribution < -0.4 is 5.32 Å². The second kappa shape index (κ2) is 10.9. The molecule has 9 heteroatoms. The molecule has 0 rings (SSSR count). The van der Waals surface area contributed by atoms with Crippen molar-refractivity contribution in [2.24, 2.45) is 5.92 Å². The van der Waals surface area contributed by atoms with Crippen molar-refractivity contribution in [2.45, 2.75) is 6.29 Å². The molecule has 0 bridgehead atoms. The molecule has 1 atom stereocenters. The first kappa shape index (κ1) is 18.0. The second-order valence-electron chi connectivity index (χ2n) is 3.49. The molecule has 1 amide bonds. The third kappa shape index (κ3) is 9.54. The monoisotopic (exact) mass is 297 g/mol. The molecule has 0 radical (unpaired) electrons. The van der Waals surface area contributed by atoms with Gasteiger partial charge in [0.05, 0.1) is 32.8 Å². The van der Waals surface area contributed by atoms with Crippen molar-refractivity contribution in [3.05, 3.63) is 0 Å². The normalized spacial score (nSPS) is 12.1. The Morgan fingerprint density at radius 3 is 2.53 bits per heavy atom. The zero-order valence-corrected chi connectivity index (χ0v) is 11.5. The van der Waals surface area contributed by atoms with E-state index >= 15 is 0 Å². The Bertz CT molecular complexity index is 275. The van der Waals surface area contributed by atoms with Crippen LogP contribution in [0.1, 0.15) is 0 Å². The van der Waals surface area contributed by atoms with Crippen LogP contribution in [0.5, 0.6) is 0 Å². The molecule has 0 aromatic carbocycles. The van der Waals surface area contributed by atoms with Gasteiger partial charge in [0.25, 0.3) is 0 Å². The van der Waals surface area contributed by atoms with Crippen molar-refractivity contribution >= 4 is 24.7 Å². The fourth-order valence-corrected chi connectivity index (χ4v) is 1.18. The van der Waals surface area contributed by atoms with Crippen LogP contribution in [-0.2, 0) is 19.0 Å². The van der Waals surface area contributed by atoms with Crippen LogP contribution in [-0.4, -0.2) is 67.8 Å². The summed E-state index contributed by atoms with van der Waals surface area (Å²) in [5, 5.41) is 19.6. The zero-order valence-electron chi connectivity index (χ0n) is 10.6. The molecule has 112 valence electrons. The predicted molar refractivity (Wildman–Crippen MR) is 67.8 cm³/mol. The Labute approximate surface area is 116 Å². The van der Waals surface area contributed by atoms with E-state index in [1.807, 2.05) is 0 Å². The van der Waals surface area contributed by atoms with Crippen LogP contribution in [0.2, 0.25) is 0 Å². The van der Waals surface area contributed by atoms with Crippen LogP contribution >= 0.6 is 12.6 Å². The highest BCUT2D eigenvalue weighted by molar-refractivity contribution is 7.80. The van der Waals surface area contributed by atoms with Gasteiger partial charge in [-0.1, -0.05) is 0 Å². The number of aliphatic hydroxyl groups excluding tert-OH is 1. The number of hydrogen-bond donors (Lipinski definition) is 4. The predicted octanol–water partition coefficient (Wildman–Crippen LogP) is -1.24. The second-order valence-corrected chi connectivity index (χ2v) is 3.93. The van der Waals surface area contributed by atoms with Gasteiger partial charge in [-0.25, -0.2) is 4.79 Å². The number of methoxy groups -OCH3 is 1. The molecule has 0 saturated heterocycles. The van der Waals surface area contributed by atoms with Crippen molar-refractivity contribution in [1.82, 2.24) is 5.32 Å². The average molecular weight is 297 g/mol. The zero-order chi connectivity index (χ0) is 14.7. The molecule has 0 aliphatic carbocycles. The van der Waals surface area contributed by atoms with Gasteiger partial charge in [0.1, 0.15) is 6.61 Å². The highest BCUT2D eigenvalue weighted by atomic mass is 32.1. The van der Waals surface area contributed by atoms with Crippen LogP contribution in [0.3, 0.4) is 0 Å². The van der Waals surface area contributed by atoms with Gasteiger partial charge in [-0.2, -0.15) is 12.6 Å². The summed E-state index contributed by atoms with van der Waals surface area (Å²) in [6.45, 7) is -0.189. The van der Waals surface area contributed by atoms with Crippen molar-refractivity contribution in [3.8, 4) is 0 Å². The lowest BCUT2D eigenvalue weighted by atomic mass is 10.1. The van der Waals surface area contributed by atoms with Gasteiger partial charge >= 0.3 is 6.16 Å². The summed E-state index contributed by atoms with van der Waals surface area (Å²) in [6, 6.07) is 0. The third-order valence-electron chi connectivity index (χ3n) is 1.95. The van der Waals surface area contributed by atoms with Gasteiger partial charge in [-0.3, -0.25) is 4.79 Å². The van der Waals surface area contributed by atoms with Crippen molar-refractivity contribution in [3.63, 3.8) is 0 Å². The van der Waals surface area contributed by atoms with E-state index in [0.717, 1.165) is 7.11 Å². The summed E-state index contributed by atoms with van der Waals surface area (Å²) in [7, 11) is 1.15. The molecule has 1 unspecified atom stereocenters. The number of amides is 1. The summed E-state index contributed by atoms with van der Waals surface area (Å²) < 4.78 is 14.1. The molecule has 0 spiro atoms. The lowest BCUT2D eigenvalue weighted by molar-refractivity contribution is -0.131.